The molecule has 1 amide bonds. The molecule has 1 aromatic carbocycles. The van der Waals surface area contributed by atoms with Gasteiger partial charge >= 0.3 is 0 Å². The number of hydrogen-bond donors (Lipinski definition) is 2. The highest BCUT2D eigenvalue weighted by molar-refractivity contribution is 6.45. The number of nitrogens with one attached hydrogen (secondary N) is 1. The molecule has 1 fully saturated rings. The minimum atomic E-state index is -0.803. The molecule has 39 heavy (non-hydrogen) atoms. The van der Waals surface area contributed by atoms with Crippen LogP contribution in [0.2, 0.25) is 0 Å². The van der Waals surface area contributed by atoms with Crippen molar-refractivity contribution in [2.75, 3.05) is 52.5 Å². The number of carbonyl (C=O) groups excluding carboxylic acids is 2. The van der Waals surface area contributed by atoms with E-state index in [0.29, 0.717) is 39.3 Å². The van der Waals surface area contributed by atoms with Gasteiger partial charge in [0.1, 0.15) is 5.84 Å². The molecule has 0 unspecified atom stereocenters. The first kappa shape index (κ1) is 26.1. The van der Waals surface area contributed by atoms with E-state index in [1.165, 1.54) is 22.0 Å². The number of H-pyrrole nitrogens is 1. The maximum absolute atomic E-state index is 14.8. The third-order valence-corrected chi connectivity index (χ3v) is 6.35. The number of aromatic nitrogens is 5. The number of aliphatic hydroxyl groups excluding tert-OH is 1. The van der Waals surface area contributed by atoms with Gasteiger partial charge in [-0.25, -0.2) is 14.1 Å². The highest BCUT2D eigenvalue weighted by Gasteiger charge is 2.31. The number of piperazine rings is 1. The third-order valence-electron chi connectivity index (χ3n) is 6.35. The summed E-state index contributed by atoms with van der Waals surface area (Å²) in [5.74, 6) is -1.19. The number of ether oxygens (including phenoxy) is 1. The van der Waals surface area contributed by atoms with Crippen molar-refractivity contribution in [2.45, 2.75) is 0 Å². The lowest BCUT2D eigenvalue weighted by molar-refractivity contribution is -0.127. The average molecular weight is 535 g/mol. The van der Waals surface area contributed by atoms with E-state index in [2.05, 4.69) is 25.2 Å². The number of aromatic amines is 1. The van der Waals surface area contributed by atoms with Crippen LogP contribution in [0.25, 0.3) is 16.7 Å². The summed E-state index contributed by atoms with van der Waals surface area (Å²) in [4.78, 5) is 41.6. The zero-order chi connectivity index (χ0) is 27.2. The molecule has 0 spiro atoms. The predicted molar refractivity (Wildman–Crippen MR) is 139 cm³/mol. The van der Waals surface area contributed by atoms with Crippen LogP contribution < -0.4 is 0 Å². The van der Waals surface area contributed by atoms with Gasteiger partial charge in [0.15, 0.2) is 11.6 Å². The van der Waals surface area contributed by atoms with E-state index in [4.69, 9.17) is 14.8 Å². The Labute approximate surface area is 222 Å². The lowest BCUT2D eigenvalue weighted by Crippen LogP contribution is -2.52. The number of amides is 1. The molecule has 12 nitrogen and oxygen atoms in total. The Balaban J connectivity index is 1.30. The van der Waals surface area contributed by atoms with Crippen molar-refractivity contribution in [3.63, 3.8) is 0 Å². The fraction of sp³-hybridized carbons (Fsp3) is 0.308. The molecule has 1 aliphatic rings. The van der Waals surface area contributed by atoms with E-state index in [-0.39, 0.29) is 35.5 Å². The number of amidine groups is 1. The summed E-state index contributed by atoms with van der Waals surface area (Å²) in [5.41, 5.74) is 1.11. The largest absolute Gasteiger partial charge is 0.394 e. The molecule has 0 aliphatic carbocycles. The molecule has 13 heteroatoms. The number of fused-ring (bicyclic) bond motifs is 1. The number of carbonyl (C=O) groups is 2. The molecule has 0 radical (unpaired) electrons. The minimum absolute atomic E-state index is 0.0191. The monoisotopic (exact) mass is 534 g/mol. The summed E-state index contributed by atoms with van der Waals surface area (Å²) in [6.45, 7) is 2.53. The van der Waals surface area contributed by atoms with E-state index < -0.39 is 17.5 Å². The number of Topliss-reactive ketones (excluding diaryl/α,β-unsaturated/α-hetero) is 1. The Morgan fingerprint density at radius 3 is 2.59 bits per heavy atom. The molecule has 0 bridgehead atoms. The summed E-state index contributed by atoms with van der Waals surface area (Å²) in [6.07, 6.45) is 5.31. The van der Waals surface area contributed by atoms with Gasteiger partial charge in [0, 0.05) is 37.9 Å². The van der Waals surface area contributed by atoms with Crippen molar-refractivity contribution in [3.05, 3.63) is 72.1 Å². The van der Waals surface area contributed by atoms with Gasteiger partial charge in [0.25, 0.3) is 11.7 Å². The second-order valence-electron chi connectivity index (χ2n) is 8.75. The molecule has 4 aromatic rings. The Bertz CT molecular complexity index is 1460. The number of rotatable bonds is 9. The number of halogens is 1. The molecule has 2 N–H and O–H groups in total. The highest BCUT2D eigenvalue weighted by Crippen LogP contribution is 2.26. The van der Waals surface area contributed by atoms with Crippen molar-refractivity contribution in [3.8, 4) is 5.82 Å². The number of benzene rings is 1. The van der Waals surface area contributed by atoms with Crippen LogP contribution in [-0.4, -0.2) is 110 Å². The van der Waals surface area contributed by atoms with Crippen molar-refractivity contribution in [2.24, 2.45) is 4.99 Å². The van der Waals surface area contributed by atoms with Gasteiger partial charge in [-0.1, -0.05) is 35.5 Å². The molecule has 5 rings (SSSR count). The number of pyridine rings is 1. The molecular formula is C26H27FN8O4. The molecule has 0 atom stereocenters. The number of nitrogens with zero attached hydrogens (tertiary/aromatic N) is 7. The Hall–Kier alpha value is -4.49. The molecule has 1 saturated heterocycles. The van der Waals surface area contributed by atoms with E-state index >= 15 is 0 Å². The SMILES string of the molecule is O=C(C(=O)N1CCN(/C(=N/CCOCCO)c2ccccc2)CC1)c1c[nH]c2c(-n3ccnn3)ncc(F)c12. The lowest BCUT2D eigenvalue weighted by atomic mass is 10.1. The third kappa shape index (κ3) is 5.54. The van der Waals surface area contributed by atoms with Gasteiger partial charge in [-0.2, -0.15) is 0 Å². The number of aliphatic hydroxyl groups is 1. The maximum atomic E-state index is 14.8. The van der Waals surface area contributed by atoms with Gasteiger partial charge in [-0.15, -0.1) is 5.10 Å². The first-order valence-electron chi connectivity index (χ1n) is 12.5. The molecule has 1 aliphatic heterocycles. The van der Waals surface area contributed by atoms with Gasteiger partial charge in [-0.3, -0.25) is 14.6 Å². The van der Waals surface area contributed by atoms with E-state index in [9.17, 15) is 14.0 Å². The van der Waals surface area contributed by atoms with E-state index in [0.717, 1.165) is 17.6 Å². The number of ketones is 1. The summed E-state index contributed by atoms with van der Waals surface area (Å²) < 4.78 is 21.5. The van der Waals surface area contributed by atoms with Crippen molar-refractivity contribution >= 4 is 28.4 Å². The normalized spacial score (nSPS) is 14.3. The van der Waals surface area contributed by atoms with Crippen LogP contribution in [0.5, 0.6) is 0 Å². The van der Waals surface area contributed by atoms with Crippen LogP contribution in [-0.2, 0) is 9.53 Å². The van der Waals surface area contributed by atoms with Crippen molar-refractivity contribution in [1.82, 2.24) is 34.8 Å². The Kier molecular flexibility index (Phi) is 7.99. The second kappa shape index (κ2) is 11.9. The zero-order valence-electron chi connectivity index (χ0n) is 21.0. The predicted octanol–water partition coefficient (Wildman–Crippen LogP) is 1.07. The summed E-state index contributed by atoms with van der Waals surface area (Å²) in [7, 11) is 0. The quantitative estimate of drug-likeness (QED) is 0.107. The van der Waals surface area contributed by atoms with E-state index in [1.54, 1.807) is 6.20 Å². The van der Waals surface area contributed by atoms with Crippen LogP contribution >= 0.6 is 0 Å². The van der Waals surface area contributed by atoms with Crippen LogP contribution in [0.15, 0.2) is 60.1 Å². The molecule has 202 valence electrons. The number of hydrogen-bond acceptors (Lipinski definition) is 8. The lowest BCUT2D eigenvalue weighted by Gasteiger charge is -2.36. The van der Waals surface area contributed by atoms with Crippen molar-refractivity contribution < 1.29 is 23.8 Å². The Morgan fingerprint density at radius 1 is 1.10 bits per heavy atom. The van der Waals surface area contributed by atoms with Gasteiger partial charge in [0.05, 0.1) is 61.4 Å². The average Bonchev–Trinajstić information content (AvgIpc) is 3.67. The van der Waals surface area contributed by atoms with Crippen LogP contribution in [0.1, 0.15) is 15.9 Å². The summed E-state index contributed by atoms with van der Waals surface area (Å²) >= 11 is 0. The molecule has 4 heterocycles. The zero-order valence-corrected chi connectivity index (χ0v) is 21.0. The smallest absolute Gasteiger partial charge is 0.295 e. The summed E-state index contributed by atoms with van der Waals surface area (Å²) in [5, 5.41) is 16.5. The topological polar surface area (TPSA) is 142 Å². The molecule has 0 saturated carbocycles. The summed E-state index contributed by atoms with van der Waals surface area (Å²) in [6, 6.07) is 9.70. The highest BCUT2D eigenvalue weighted by atomic mass is 19.1. The maximum Gasteiger partial charge on any atom is 0.295 e. The Morgan fingerprint density at radius 2 is 1.87 bits per heavy atom. The molecule has 3 aromatic heterocycles. The number of aliphatic imine (C=N–C) groups is 1. The molecular weight excluding hydrogens is 507 g/mol. The van der Waals surface area contributed by atoms with Crippen LogP contribution in [0, 0.1) is 5.82 Å². The van der Waals surface area contributed by atoms with Gasteiger partial charge < -0.3 is 24.6 Å². The van der Waals surface area contributed by atoms with Crippen LogP contribution in [0.3, 0.4) is 0 Å². The second-order valence-corrected chi connectivity index (χ2v) is 8.75. The van der Waals surface area contributed by atoms with E-state index in [1.807, 2.05) is 30.3 Å². The fourth-order valence-corrected chi connectivity index (χ4v) is 4.49. The van der Waals surface area contributed by atoms with Crippen molar-refractivity contribution in [1.29, 1.82) is 0 Å². The van der Waals surface area contributed by atoms with Crippen LogP contribution in [0.4, 0.5) is 4.39 Å². The minimum Gasteiger partial charge on any atom is -0.394 e. The first-order valence-corrected chi connectivity index (χ1v) is 12.5. The first-order chi connectivity index (χ1) is 19.1. The van der Waals surface area contributed by atoms with Gasteiger partial charge in [-0.05, 0) is 0 Å². The standard InChI is InChI=1S/C26H27FN8O4/c27-20-17-30-25(35-8-6-31-32-35)22-21(20)19(16-29-22)23(37)26(38)34-11-9-33(10-12-34)24(18-4-2-1-3-5-18)28-7-14-39-15-13-36/h1-6,8,16-17,29,36H,7,9-15H2/b28-24+. The van der Waals surface area contributed by atoms with Gasteiger partial charge in [0.2, 0.25) is 0 Å². The fourth-order valence-electron chi connectivity index (χ4n) is 4.49.